The van der Waals surface area contributed by atoms with Crippen molar-refractivity contribution in [3.05, 3.63) is 26.1 Å². The van der Waals surface area contributed by atoms with Crippen LogP contribution in [-0.2, 0) is 22.0 Å². The standard InChI is InChI=1S/C21H33INO3Si/c1-9-13-17(19(24)25-10-2)18(22)16-14(23-13)11-21(6,7)12-15(16)26-27(8)20(3,4)5/h15H,9-12H2,1-8H3/t15-/m0/s1. The van der Waals surface area contributed by atoms with Gasteiger partial charge in [-0.15, -0.1) is 0 Å². The summed E-state index contributed by atoms with van der Waals surface area (Å²) in [7, 11) is -1.02. The second-order valence-electron chi connectivity index (χ2n) is 9.14. The lowest BCUT2D eigenvalue weighted by Crippen LogP contribution is -2.35. The number of carbonyl (C=O) groups excluding carboxylic acids is 1. The van der Waals surface area contributed by atoms with Gasteiger partial charge >= 0.3 is 5.97 Å². The van der Waals surface area contributed by atoms with Crippen LogP contribution in [-0.4, -0.2) is 26.6 Å². The largest absolute Gasteiger partial charge is 0.462 e. The second kappa shape index (κ2) is 8.49. The van der Waals surface area contributed by atoms with Crippen molar-refractivity contribution in [2.75, 3.05) is 6.61 Å². The Labute approximate surface area is 179 Å². The number of nitrogens with zero attached hydrogens (tertiary/aromatic N) is 1. The number of halogens is 1. The van der Waals surface area contributed by atoms with Crippen LogP contribution in [0.1, 0.15) is 88.3 Å². The summed E-state index contributed by atoms with van der Waals surface area (Å²) in [5.74, 6) is -0.268. The van der Waals surface area contributed by atoms with E-state index in [0.29, 0.717) is 18.6 Å². The highest BCUT2D eigenvalue weighted by atomic mass is 127. The zero-order valence-corrected chi connectivity index (χ0v) is 21.1. The van der Waals surface area contributed by atoms with Crippen molar-refractivity contribution in [3.8, 4) is 0 Å². The van der Waals surface area contributed by atoms with Gasteiger partial charge in [0.05, 0.1) is 24.0 Å². The third-order valence-electron chi connectivity index (χ3n) is 5.22. The molecule has 1 aliphatic carbocycles. The van der Waals surface area contributed by atoms with Gasteiger partial charge in [0.1, 0.15) is 0 Å². The van der Waals surface area contributed by atoms with Gasteiger partial charge in [0.25, 0.3) is 0 Å². The Morgan fingerprint density at radius 2 is 1.96 bits per heavy atom. The zero-order valence-electron chi connectivity index (χ0n) is 18.0. The van der Waals surface area contributed by atoms with Crippen molar-refractivity contribution in [1.82, 2.24) is 4.98 Å². The minimum absolute atomic E-state index is 0.0136. The summed E-state index contributed by atoms with van der Waals surface area (Å²) >= 11 is 2.31. The van der Waals surface area contributed by atoms with Crippen LogP contribution in [0.2, 0.25) is 11.6 Å². The predicted octanol–water partition coefficient (Wildman–Crippen LogP) is 5.88. The lowest BCUT2D eigenvalue weighted by molar-refractivity contribution is 0.0522. The number of esters is 1. The highest BCUT2D eigenvalue weighted by Crippen LogP contribution is 2.46. The van der Waals surface area contributed by atoms with Crippen LogP contribution in [0.15, 0.2) is 0 Å². The highest BCUT2D eigenvalue weighted by molar-refractivity contribution is 14.1. The van der Waals surface area contributed by atoms with Gasteiger partial charge in [-0.2, -0.15) is 0 Å². The number of rotatable bonds is 5. The van der Waals surface area contributed by atoms with E-state index in [4.69, 9.17) is 14.1 Å². The summed E-state index contributed by atoms with van der Waals surface area (Å²) in [5, 5.41) is 0.151. The van der Waals surface area contributed by atoms with E-state index >= 15 is 0 Å². The van der Waals surface area contributed by atoms with Gasteiger partial charge in [-0.05, 0) is 65.8 Å². The molecule has 0 bridgehead atoms. The van der Waals surface area contributed by atoms with E-state index in [1.807, 2.05) is 13.8 Å². The van der Waals surface area contributed by atoms with Gasteiger partial charge in [0, 0.05) is 14.8 Å². The highest BCUT2D eigenvalue weighted by Gasteiger charge is 2.39. The molecule has 1 aliphatic rings. The minimum Gasteiger partial charge on any atom is -0.462 e. The van der Waals surface area contributed by atoms with Crippen molar-refractivity contribution in [2.45, 2.75) is 85.4 Å². The number of carbonyl (C=O) groups is 1. The quantitative estimate of drug-likeness (QED) is 0.287. The number of ether oxygens (including phenoxy) is 1. The molecule has 6 heteroatoms. The lowest BCUT2D eigenvalue weighted by Gasteiger charge is -2.40. The van der Waals surface area contributed by atoms with Gasteiger partial charge < -0.3 is 9.16 Å². The van der Waals surface area contributed by atoms with E-state index in [1.54, 1.807) is 0 Å². The smallest absolute Gasteiger partial charge is 0.341 e. The molecule has 151 valence electrons. The summed E-state index contributed by atoms with van der Waals surface area (Å²) in [6, 6.07) is 0. The van der Waals surface area contributed by atoms with Gasteiger partial charge in [0.15, 0.2) is 0 Å². The van der Waals surface area contributed by atoms with E-state index in [1.165, 1.54) is 0 Å². The van der Waals surface area contributed by atoms with Crippen molar-refractivity contribution in [2.24, 2.45) is 5.41 Å². The molecule has 1 radical (unpaired) electrons. The van der Waals surface area contributed by atoms with Crippen LogP contribution in [0, 0.1) is 8.99 Å². The first-order valence-corrected chi connectivity index (χ1v) is 12.8. The second-order valence-corrected chi connectivity index (χ2v) is 13.1. The molecule has 0 N–H and O–H groups in total. The Morgan fingerprint density at radius 3 is 2.48 bits per heavy atom. The Balaban J connectivity index is 2.59. The zero-order chi connectivity index (χ0) is 20.6. The van der Waals surface area contributed by atoms with E-state index < -0.39 is 9.04 Å². The summed E-state index contributed by atoms with van der Waals surface area (Å²) in [5.41, 5.74) is 3.81. The Kier molecular flexibility index (Phi) is 7.17. The van der Waals surface area contributed by atoms with Crippen molar-refractivity contribution < 1.29 is 14.0 Å². The Bertz CT molecular complexity index is 712. The van der Waals surface area contributed by atoms with Crippen LogP contribution in [0.4, 0.5) is 0 Å². The first kappa shape index (κ1) is 22.8. The molecule has 0 saturated carbocycles. The maximum atomic E-state index is 12.6. The normalized spacial score (nSPS) is 19.1. The molecular weight excluding hydrogens is 469 g/mol. The Hall–Kier alpha value is -0.473. The molecule has 0 unspecified atom stereocenters. The van der Waals surface area contributed by atoms with E-state index in [0.717, 1.165) is 33.4 Å². The molecule has 1 aromatic heterocycles. The van der Waals surface area contributed by atoms with Crippen molar-refractivity contribution in [3.63, 3.8) is 0 Å². The fourth-order valence-electron chi connectivity index (χ4n) is 3.42. The van der Waals surface area contributed by atoms with Crippen molar-refractivity contribution in [1.29, 1.82) is 0 Å². The molecule has 0 amide bonds. The van der Waals surface area contributed by atoms with Crippen LogP contribution < -0.4 is 0 Å². The maximum Gasteiger partial charge on any atom is 0.341 e. The van der Waals surface area contributed by atoms with Crippen LogP contribution >= 0.6 is 22.6 Å². The monoisotopic (exact) mass is 502 g/mol. The number of hydrogen-bond acceptors (Lipinski definition) is 4. The summed E-state index contributed by atoms with van der Waals surface area (Å²) in [6.45, 7) is 17.8. The SMILES string of the molecule is CCOC(=O)c1c(CC)nc2c(c1I)[C@@H](O[Si](C)C(C)(C)C)CC(C)(C)C2. The molecule has 4 nitrogen and oxygen atoms in total. The van der Waals surface area contributed by atoms with E-state index in [9.17, 15) is 4.79 Å². The van der Waals surface area contributed by atoms with Crippen molar-refractivity contribution >= 4 is 37.6 Å². The summed E-state index contributed by atoms with van der Waals surface area (Å²) < 4.78 is 13.0. The Morgan fingerprint density at radius 1 is 1.33 bits per heavy atom. The molecule has 1 atom stereocenters. The molecule has 0 aromatic carbocycles. The maximum absolute atomic E-state index is 12.6. The fraction of sp³-hybridized carbons (Fsp3) is 0.714. The van der Waals surface area contributed by atoms with E-state index in [2.05, 4.69) is 63.8 Å². The molecule has 27 heavy (non-hydrogen) atoms. The molecule has 0 spiro atoms. The first-order chi connectivity index (χ1) is 12.4. The number of fused-ring (bicyclic) bond motifs is 1. The molecule has 1 heterocycles. The molecule has 0 fully saturated rings. The van der Waals surface area contributed by atoms with E-state index in [-0.39, 0.29) is 22.5 Å². The predicted molar refractivity (Wildman–Crippen MR) is 120 cm³/mol. The van der Waals surface area contributed by atoms with Gasteiger partial charge in [0.2, 0.25) is 9.04 Å². The fourth-order valence-corrected chi connectivity index (χ4v) is 5.59. The molecule has 0 aliphatic heterocycles. The van der Waals surface area contributed by atoms with Gasteiger partial charge in [-0.1, -0.05) is 41.5 Å². The van der Waals surface area contributed by atoms with Gasteiger partial charge in [-0.3, -0.25) is 4.98 Å². The third-order valence-corrected chi connectivity index (χ3v) is 9.09. The lowest BCUT2D eigenvalue weighted by atomic mass is 9.74. The first-order valence-electron chi connectivity index (χ1n) is 9.80. The van der Waals surface area contributed by atoms with Gasteiger partial charge in [-0.25, -0.2) is 4.79 Å². The molecule has 1 aromatic rings. The third kappa shape index (κ3) is 5.12. The average Bonchev–Trinajstić information content (AvgIpc) is 2.51. The topological polar surface area (TPSA) is 48.4 Å². The summed E-state index contributed by atoms with van der Waals surface area (Å²) in [6.07, 6.45) is 2.56. The molecule has 2 rings (SSSR count). The minimum atomic E-state index is -1.02. The van der Waals surface area contributed by atoms with Crippen LogP contribution in [0.5, 0.6) is 0 Å². The summed E-state index contributed by atoms with van der Waals surface area (Å²) in [4.78, 5) is 17.6. The molecular formula is C21H33INO3Si. The number of aromatic nitrogens is 1. The average molecular weight is 502 g/mol. The number of pyridine rings is 1. The number of hydrogen-bond donors (Lipinski definition) is 0. The number of aryl methyl sites for hydroxylation is 1. The van der Waals surface area contributed by atoms with Crippen LogP contribution in [0.3, 0.4) is 0 Å². The van der Waals surface area contributed by atoms with Crippen LogP contribution in [0.25, 0.3) is 0 Å². The molecule has 0 saturated heterocycles.